The van der Waals surface area contributed by atoms with Crippen molar-refractivity contribution in [2.24, 2.45) is 0 Å². The number of benzene rings is 1. The van der Waals surface area contributed by atoms with E-state index >= 15 is 0 Å². The van der Waals surface area contributed by atoms with Gasteiger partial charge in [-0.25, -0.2) is 13.4 Å². The predicted molar refractivity (Wildman–Crippen MR) is 87.8 cm³/mol. The Morgan fingerprint density at radius 1 is 1.14 bits per heavy atom. The zero-order chi connectivity index (χ0) is 15.8. The number of aryl methyl sites for hydroxylation is 2. The summed E-state index contributed by atoms with van der Waals surface area (Å²) in [4.78, 5) is 4.21. The first-order chi connectivity index (χ1) is 9.70. The summed E-state index contributed by atoms with van der Waals surface area (Å²) < 4.78 is 28.0. The second-order valence-corrected chi connectivity index (χ2v) is 7.33. The zero-order valence-corrected chi connectivity index (χ0v) is 14.3. The van der Waals surface area contributed by atoms with Crippen LogP contribution in [0.2, 0.25) is 0 Å². The highest BCUT2D eigenvalue weighted by Crippen LogP contribution is 2.24. The van der Waals surface area contributed by atoms with Crippen LogP contribution in [0.4, 0.5) is 11.4 Å². The van der Waals surface area contributed by atoms with E-state index in [1.165, 1.54) is 12.3 Å². The number of rotatable bonds is 3. The Hall–Kier alpha value is -1.60. The lowest BCUT2D eigenvalue weighted by Gasteiger charge is -2.12. The summed E-state index contributed by atoms with van der Waals surface area (Å²) in [7, 11) is -3.69. The molecule has 0 spiro atoms. The molecular weight excluding hydrogens is 354 g/mol. The lowest BCUT2D eigenvalue weighted by molar-refractivity contribution is 0.601. The maximum Gasteiger partial charge on any atom is 0.262 e. The first-order valence-corrected chi connectivity index (χ1v) is 8.50. The average molecular weight is 370 g/mol. The number of hydrogen-bond donors (Lipinski definition) is 2. The molecule has 0 aliphatic carbocycles. The van der Waals surface area contributed by atoms with Gasteiger partial charge in [-0.15, -0.1) is 0 Å². The molecule has 0 aliphatic rings. The van der Waals surface area contributed by atoms with Crippen LogP contribution in [0.1, 0.15) is 16.7 Å². The van der Waals surface area contributed by atoms with Gasteiger partial charge in [-0.3, -0.25) is 4.72 Å². The van der Waals surface area contributed by atoms with Crippen LogP contribution in [0.3, 0.4) is 0 Å². The fourth-order valence-corrected chi connectivity index (χ4v) is 3.21. The highest BCUT2D eigenvalue weighted by atomic mass is 79.9. The maximum atomic E-state index is 12.4. The minimum Gasteiger partial charge on any atom is -0.398 e. The van der Waals surface area contributed by atoms with Crippen LogP contribution in [0, 0.1) is 20.8 Å². The molecule has 0 saturated heterocycles. The number of nitrogens with one attached hydrogen (secondary N) is 1. The van der Waals surface area contributed by atoms with Crippen molar-refractivity contribution in [3.05, 3.63) is 45.7 Å². The topological polar surface area (TPSA) is 85.1 Å². The van der Waals surface area contributed by atoms with E-state index in [4.69, 9.17) is 5.73 Å². The molecule has 3 N–H and O–H groups in total. The van der Waals surface area contributed by atoms with E-state index < -0.39 is 10.0 Å². The Balaban J connectivity index is 2.40. The second-order valence-electron chi connectivity index (χ2n) is 4.89. The quantitative estimate of drug-likeness (QED) is 0.642. The first-order valence-electron chi connectivity index (χ1n) is 6.22. The lowest BCUT2D eigenvalue weighted by Crippen LogP contribution is -2.14. The van der Waals surface area contributed by atoms with Crippen molar-refractivity contribution in [1.82, 2.24) is 4.98 Å². The molecule has 0 amide bonds. The molecule has 1 heterocycles. The van der Waals surface area contributed by atoms with Gasteiger partial charge in [0.1, 0.15) is 4.60 Å². The largest absolute Gasteiger partial charge is 0.398 e. The summed E-state index contributed by atoms with van der Waals surface area (Å²) in [6, 6.07) is 4.77. The van der Waals surface area contributed by atoms with E-state index in [0.29, 0.717) is 16.0 Å². The van der Waals surface area contributed by atoms with Crippen LogP contribution in [0.5, 0.6) is 0 Å². The third kappa shape index (κ3) is 3.36. The van der Waals surface area contributed by atoms with Gasteiger partial charge in [-0.05, 0) is 71.6 Å². The molecule has 0 fully saturated rings. The van der Waals surface area contributed by atoms with Crippen molar-refractivity contribution in [2.45, 2.75) is 25.7 Å². The van der Waals surface area contributed by atoms with Gasteiger partial charge in [0.2, 0.25) is 0 Å². The van der Waals surface area contributed by atoms with Gasteiger partial charge in [-0.1, -0.05) is 0 Å². The molecule has 1 aromatic heterocycles. The molecule has 1 aromatic carbocycles. The predicted octanol–water partition coefficient (Wildman–Crippen LogP) is 3.15. The molecule has 112 valence electrons. The van der Waals surface area contributed by atoms with Crippen molar-refractivity contribution in [3.8, 4) is 0 Å². The number of pyridine rings is 1. The molecule has 0 saturated carbocycles. The Morgan fingerprint density at radius 3 is 2.38 bits per heavy atom. The third-order valence-corrected chi connectivity index (χ3v) is 5.45. The zero-order valence-electron chi connectivity index (χ0n) is 11.9. The molecular formula is C14H16BrN3O2S. The summed E-state index contributed by atoms with van der Waals surface area (Å²) in [5.41, 5.74) is 9.27. The van der Waals surface area contributed by atoms with E-state index in [9.17, 15) is 8.42 Å². The lowest BCUT2D eigenvalue weighted by atomic mass is 10.1. The fourth-order valence-electron chi connectivity index (χ4n) is 1.84. The van der Waals surface area contributed by atoms with Crippen molar-refractivity contribution in [3.63, 3.8) is 0 Å². The van der Waals surface area contributed by atoms with E-state index in [-0.39, 0.29) is 4.90 Å². The van der Waals surface area contributed by atoms with Gasteiger partial charge >= 0.3 is 0 Å². The summed E-state index contributed by atoms with van der Waals surface area (Å²) in [6.07, 6.45) is 1.46. The van der Waals surface area contributed by atoms with E-state index in [2.05, 4.69) is 25.6 Å². The number of hydrogen-bond acceptors (Lipinski definition) is 4. The molecule has 5 nitrogen and oxygen atoms in total. The Kier molecular flexibility index (Phi) is 4.25. The smallest absolute Gasteiger partial charge is 0.262 e. The number of sulfonamides is 1. The molecule has 0 aliphatic heterocycles. The van der Waals surface area contributed by atoms with Gasteiger partial charge in [0.05, 0.1) is 16.8 Å². The summed E-state index contributed by atoms with van der Waals surface area (Å²) in [5, 5.41) is 0. The van der Waals surface area contributed by atoms with Crippen molar-refractivity contribution < 1.29 is 8.42 Å². The Labute approximate surface area is 132 Å². The number of aromatic nitrogens is 1. The molecule has 2 rings (SSSR count). The molecule has 21 heavy (non-hydrogen) atoms. The van der Waals surface area contributed by atoms with E-state index in [0.717, 1.165) is 16.7 Å². The van der Waals surface area contributed by atoms with Crippen LogP contribution < -0.4 is 10.5 Å². The minimum atomic E-state index is -3.69. The normalized spacial score (nSPS) is 11.4. The van der Waals surface area contributed by atoms with Gasteiger partial charge in [0.25, 0.3) is 10.0 Å². The monoisotopic (exact) mass is 369 g/mol. The number of halogens is 1. The SMILES string of the molecule is Cc1cc(NS(=O)(=O)c2cc(C)c(C)c(N)c2)cnc1Br. The summed E-state index contributed by atoms with van der Waals surface area (Å²) >= 11 is 3.28. The van der Waals surface area contributed by atoms with Gasteiger partial charge < -0.3 is 5.73 Å². The average Bonchev–Trinajstić information content (AvgIpc) is 2.39. The number of nitrogens with two attached hydrogens (primary N) is 1. The van der Waals surface area contributed by atoms with Gasteiger partial charge in [0, 0.05) is 5.69 Å². The molecule has 0 atom stereocenters. The number of anilines is 2. The fraction of sp³-hybridized carbons (Fsp3) is 0.214. The standard InChI is InChI=1S/C14H16BrN3O2S/c1-8-5-12(6-13(16)10(8)3)21(19,20)18-11-4-9(2)14(15)17-7-11/h4-7,18H,16H2,1-3H3. The summed E-state index contributed by atoms with van der Waals surface area (Å²) in [6.45, 7) is 5.52. The van der Waals surface area contributed by atoms with Crippen LogP contribution in [0.25, 0.3) is 0 Å². The van der Waals surface area contributed by atoms with Crippen molar-refractivity contribution >= 4 is 37.3 Å². The van der Waals surface area contributed by atoms with Crippen molar-refractivity contribution in [2.75, 3.05) is 10.5 Å². The minimum absolute atomic E-state index is 0.142. The van der Waals surface area contributed by atoms with Gasteiger partial charge in [-0.2, -0.15) is 0 Å². The van der Waals surface area contributed by atoms with Crippen LogP contribution in [-0.4, -0.2) is 13.4 Å². The Morgan fingerprint density at radius 2 is 1.81 bits per heavy atom. The molecule has 0 radical (unpaired) electrons. The third-order valence-electron chi connectivity index (χ3n) is 3.26. The second kappa shape index (κ2) is 5.65. The summed E-state index contributed by atoms with van der Waals surface area (Å²) in [5.74, 6) is 0. The molecule has 0 unspecified atom stereocenters. The number of nitrogen functional groups attached to an aromatic ring is 1. The molecule has 0 bridgehead atoms. The van der Waals surface area contributed by atoms with Crippen LogP contribution >= 0.6 is 15.9 Å². The van der Waals surface area contributed by atoms with E-state index in [1.54, 1.807) is 12.1 Å². The van der Waals surface area contributed by atoms with Crippen LogP contribution in [-0.2, 0) is 10.0 Å². The van der Waals surface area contributed by atoms with Gasteiger partial charge in [0.15, 0.2) is 0 Å². The highest BCUT2D eigenvalue weighted by Gasteiger charge is 2.17. The number of nitrogens with zero attached hydrogens (tertiary/aromatic N) is 1. The maximum absolute atomic E-state index is 12.4. The molecule has 7 heteroatoms. The van der Waals surface area contributed by atoms with Crippen molar-refractivity contribution in [1.29, 1.82) is 0 Å². The van der Waals surface area contributed by atoms with Crippen LogP contribution in [0.15, 0.2) is 33.9 Å². The first kappa shape index (κ1) is 15.8. The van der Waals surface area contributed by atoms with E-state index in [1.807, 2.05) is 20.8 Å². The Bertz CT molecular complexity index is 781. The molecule has 2 aromatic rings. The highest BCUT2D eigenvalue weighted by molar-refractivity contribution is 9.10.